The quantitative estimate of drug-likeness (QED) is 0.358. The molecule has 0 atom stereocenters. The van der Waals surface area contributed by atoms with Crippen molar-refractivity contribution in [2.24, 2.45) is 0 Å². The van der Waals surface area contributed by atoms with Gasteiger partial charge in [0.15, 0.2) is 0 Å². The summed E-state index contributed by atoms with van der Waals surface area (Å²) < 4.78 is 10.8. The molecule has 6 heteroatoms. The molecular formula is C29H24N2O4. The number of anilines is 2. The average molecular weight is 465 g/mol. The average Bonchev–Trinajstić information content (AvgIpc) is 3.13. The minimum absolute atomic E-state index is 0.220. The number of imide groups is 1. The van der Waals surface area contributed by atoms with Crippen LogP contribution in [0.5, 0.6) is 11.5 Å². The van der Waals surface area contributed by atoms with E-state index < -0.39 is 5.91 Å². The fourth-order valence-corrected chi connectivity index (χ4v) is 4.24. The maximum Gasteiger partial charge on any atom is 0.282 e. The molecule has 5 rings (SSSR count). The van der Waals surface area contributed by atoms with Crippen molar-refractivity contribution in [2.45, 2.75) is 6.92 Å². The maximum absolute atomic E-state index is 13.8. The van der Waals surface area contributed by atoms with Gasteiger partial charge in [0.1, 0.15) is 17.2 Å². The summed E-state index contributed by atoms with van der Waals surface area (Å²) in [7, 11) is 1.58. The van der Waals surface area contributed by atoms with Gasteiger partial charge in [-0.15, -0.1) is 0 Å². The largest absolute Gasteiger partial charge is 0.497 e. The smallest absolute Gasteiger partial charge is 0.282 e. The molecule has 0 spiro atoms. The van der Waals surface area contributed by atoms with Crippen LogP contribution in [0.3, 0.4) is 0 Å². The fraction of sp³-hybridized carbons (Fsp3) is 0.103. The van der Waals surface area contributed by atoms with Gasteiger partial charge < -0.3 is 14.8 Å². The van der Waals surface area contributed by atoms with Gasteiger partial charge in [-0.25, -0.2) is 4.90 Å². The molecule has 0 aliphatic carbocycles. The highest BCUT2D eigenvalue weighted by Crippen LogP contribution is 2.37. The van der Waals surface area contributed by atoms with Crippen molar-refractivity contribution >= 4 is 39.5 Å². The van der Waals surface area contributed by atoms with E-state index >= 15 is 0 Å². The van der Waals surface area contributed by atoms with E-state index in [1.807, 2.05) is 67.6 Å². The molecule has 4 aromatic carbocycles. The molecule has 1 aliphatic rings. The van der Waals surface area contributed by atoms with Crippen molar-refractivity contribution in [1.82, 2.24) is 0 Å². The number of methoxy groups -OCH3 is 1. The number of nitrogens with one attached hydrogen (secondary N) is 1. The van der Waals surface area contributed by atoms with Gasteiger partial charge in [-0.2, -0.15) is 0 Å². The van der Waals surface area contributed by atoms with Crippen LogP contribution in [-0.2, 0) is 9.59 Å². The van der Waals surface area contributed by atoms with Crippen molar-refractivity contribution in [2.75, 3.05) is 23.9 Å². The van der Waals surface area contributed by atoms with E-state index in [1.54, 1.807) is 37.4 Å². The number of rotatable bonds is 7. The van der Waals surface area contributed by atoms with E-state index in [0.29, 0.717) is 34.9 Å². The number of amides is 2. The Morgan fingerprint density at radius 1 is 0.771 bits per heavy atom. The third-order valence-corrected chi connectivity index (χ3v) is 5.90. The third-order valence-electron chi connectivity index (χ3n) is 5.90. The van der Waals surface area contributed by atoms with Crippen LogP contribution in [0.25, 0.3) is 16.3 Å². The lowest BCUT2D eigenvalue weighted by atomic mass is 10.0. The summed E-state index contributed by atoms with van der Waals surface area (Å²) in [5, 5.41) is 4.97. The van der Waals surface area contributed by atoms with Crippen molar-refractivity contribution in [3.05, 3.63) is 102 Å². The molecule has 174 valence electrons. The first kappa shape index (κ1) is 22.2. The minimum Gasteiger partial charge on any atom is -0.497 e. The monoisotopic (exact) mass is 464 g/mol. The highest BCUT2D eigenvalue weighted by atomic mass is 16.5. The van der Waals surface area contributed by atoms with Crippen LogP contribution in [0.2, 0.25) is 0 Å². The highest BCUT2D eigenvalue weighted by molar-refractivity contribution is 6.47. The molecule has 0 saturated carbocycles. The Morgan fingerprint density at radius 3 is 2.17 bits per heavy atom. The number of hydrogen-bond donors (Lipinski definition) is 1. The zero-order chi connectivity index (χ0) is 24.4. The molecule has 1 aliphatic heterocycles. The molecule has 1 N–H and O–H groups in total. The molecular weight excluding hydrogens is 440 g/mol. The normalized spacial score (nSPS) is 13.5. The summed E-state index contributed by atoms with van der Waals surface area (Å²) in [5.74, 6) is 0.600. The number of hydrogen-bond acceptors (Lipinski definition) is 5. The Hall–Kier alpha value is -4.58. The van der Waals surface area contributed by atoms with Crippen LogP contribution < -0.4 is 19.7 Å². The van der Waals surface area contributed by atoms with Gasteiger partial charge in [0, 0.05) is 11.1 Å². The van der Waals surface area contributed by atoms with Crippen molar-refractivity contribution in [3.63, 3.8) is 0 Å². The molecule has 1 heterocycles. The Morgan fingerprint density at radius 2 is 1.46 bits per heavy atom. The van der Waals surface area contributed by atoms with Crippen LogP contribution in [0, 0.1) is 0 Å². The molecule has 0 bridgehead atoms. The molecule has 6 nitrogen and oxygen atoms in total. The summed E-state index contributed by atoms with van der Waals surface area (Å²) in [6, 6.07) is 27.7. The summed E-state index contributed by atoms with van der Waals surface area (Å²) in [6.07, 6.45) is 0. The van der Waals surface area contributed by atoms with E-state index in [9.17, 15) is 9.59 Å². The standard InChI is InChI=1S/C29H24N2O4/c1-3-35-23-17-13-21(14-18-23)30-27-26(20-11-15-22(34-2)16-12-20)28(32)31(29(27)33)25-10-6-8-19-7-4-5-9-24(19)25/h4-18,30H,3H2,1-2H3. The molecule has 0 radical (unpaired) electrons. The van der Waals surface area contributed by atoms with Gasteiger partial charge in [0.2, 0.25) is 0 Å². The number of nitrogens with zero attached hydrogens (tertiary/aromatic N) is 1. The predicted octanol–water partition coefficient (Wildman–Crippen LogP) is 5.64. The van der Waals surface area contributed by atoms with Crippen LogP contribution in [-0.4, -0.2) is 25.5 Å². The lowest BCUT2D eigenvalue weighted by molar-refractivity contribution is -0.120. The first-order valence-corrected chi connectivity index (χ1v) is 11.4. The first-order chi connectivity index (χ1) is 17.1. The van der Waals surface area contributed by atoms with Crippen LogP contribution in [0.4, 0.5) is 11.4 Å². The lowest BCUT2D eigenvalue weighted by Crippen LogP contribution is -2.32. The van der Waals surface area contributed by atoms with Crippen LogP contribution in [0.15, 0.2) is 96.7 Å². The van der Waals surface area contributed by atoms with Gasteiger partial charge in [-0.3, -0.25) is 9.59 Å². The van der Waals surface area contributed by atoms with Gasteiger partial charge >= 0.3 is 0 Å². The summed E-state index contributed by atoms with van der Waals surface area (Å²) in [4.78, 5) is 28.8. The molecule has 2 amide bonds. The molecule has 0 fully saturated rings. The fourth-order valence-electron chi connectivity index (χ4n) is 4.24. The number of benzene rings is 4. The maximum atomic E-state index is 13.8. The Bertz CT molecular complexity index is 1430. The second-order valence-corrected chi connectivity index (χ2v) is 8.00. The second-order valence-electron chi connectivity index (χ2n) is 8.00. The van der Waals surface area contributed by atoms with Gasteiger partial charge in [0.05, 0.1) is 25.0 Å². The van der Waals surface area contributed by atoms with E-state index in [2.05, 4.69) is 5.32 Å². The summed E-state index contributed by atoms with van der Waals surface area (Å²) in [5.41, 5.74) is 2.38. The second kappa shape index (κ2) is 9.35. The molecule has 0 unspecified atom stereocenters. The van der Waals surface area contributed by atoms with Crippen molar-refractivity contribution in [3.8, 4) is 11.5 Å². The molecule has 35 heavy (non-hydrogen) atoms. The topological polar surface area (TPSA) is 67.9 Å². The van der Waals surface area contributed by atoms with E-state index in [1.165, 1.54) is 4.90 Å². The molecule has 4 aromatic rings. The van der Waals surface area contributed by atoms with Crippen LogP contribution >= 0.6 is 0 Å². The Labute approximate surface area is 203 Å². The lowest BCUT2D eigenvalue weighted by Gasteiger charge is -2.18. The first-order valence-electron chi connectivity index (χ1n) is 11.4. The Balaban J connectivity index is 1.60. The van der Waals surface area contributed by atoms with E-state index in [0.717, 1.165) is 16.5 Å². The number of carbonyl (C=O) groups excluding carboxylic acids is 2. The molecule has 0 saturated heterocycles. The number of ether oxygens (including phenoxy) is 2. The molecule has 0 aromatic heterocycles. The van der Waals surface area contributed by atoms with Crippen molar-refractivity contribution in [1.29, 1.82) is 0 Å². The zero-order valence-corrected chi connectivity index (χ0v) is 19.4. The predicted molar refractivity (Wildman–Crippen MR) is 138 cm³/mol. The Kier molecular flexibility index (Phi) is 5.94. The van der Waals surface area contributed by atoms with E-state index in [-0.39, 0.29) is 11.6 Å². The number of fused-ring (bicyclic) bond motifs is 1. The minimum atomic E-state index is -0.411. The summed E-state index contributed by atoms with van der Waals surface area (Å²) in [6.45, 7) is 2.48. The van der Waals surface area contributed by atoms with Gasteiger partial charge in [-0.1, -0.05) is 48.5 Å². The SMILES string of the molecule is CCOc1ccc(NC2=C(c3ccc(OC)cc3)C(=O)N(c3cccc4ccccc34)C2=O)cc1. The third kappa shape index (κ3) is 4.10. The highest BCUT2D eigenvalue weighted by Gasteiger charge is 2.40. The van der Waals surface area contributed by atoms with Crippen molar-refractivity contribution < 1.29 is 19.1 Å². The zero-order valence-electron chi connectivity index (χ0n) is 19.4. The summed E-state index contributed by atoms with van der Waals surface area (Å²) >= 11 is 0. The van der Waals surface area contributed by atoms with Gasteiger partial charge in [0.25, 0.3) is 11.8 Å². The van der Waals surface area contributed by atoms with Crippen LogP contribution in [0.1, 0.15) is 12.5 Å². The van der Waals surface area contributed by atoms with E-state index in [4.69, 9.17) is 9.47 Å². The number of carbonyl (C=O) groups is 2. The van der Waals surface area contributed by atoms with Gasteiger partial charge in [-0.05, 0) is 60.3 Å².